The minimum Gasteiger partial charge on any atom is -0.376 e. The average molecular weight is 324 g/mol. The van der Waals surface area contributed by atoms with Crippen molar-refractivity contribution in [2.45, 2.75) is 24.3 Å². The number of ether oxygens (including phenoxy) is 1. The van der Waals surface area contributed by atoms with Gasteiger partial charge in [0.15, 0.2) is 6.17 Å². The first kappa shape index (κ1) is 15.6. The van der Waals surface area contributed by atoms with Crippen LogP contribution in [0.2, 0.25) is 0 Å². The van der Waals surface area contributed by atoms with Crippen LogP contribution in [-0.2, 0) is 29.4 Å². The lowest BCUT2D eigenvalue weighted by Gasteiger charge is -2.35. The Morgan fingerprint density at radius 1 is 1.25 bits per heavy atom. The number of nitrogens with zero attached hydrogens (tertiary/aromatic N) is 2. The maximum absolute atomic E-state index is 12.5. The highest BCUT2D eigenvalue weighted by Crippen LogP contribution is 2.25. The summed E-state index contributed by atoms with van der Waals surface area (Å²) in [6.45, 7) is 0.357. The van der Waals surface area contributed by atoms with Crippen molar-refractivity contribution >= 4 is 25.9 Å². The number of rotatable bonds is 3. The van der Waals surface area contributed by atoms with E-state index in [0.717, 1.165) is 4.31 Å². The van der Waals surface area contributed by atoms with E-state index in [4.69, 9.17) is 4.74 Å². The SMILES string of the molecule is O=C=NC1COCCN1S(=O)(=O)C1CCS(=O)(=O)CC1. The van der Waals surface area contributed by atoms with Crippen molar-refractivity contribution in [1.29, 1.82) is 0 Å². The van der Waals surface area contributed by atoms with Crippen molar-refractivity contribution in [2.75, 3.05) is 31.3 Å². The van der Waals surface area contributed by atoms with Gasteiger partial charge in [-0.25, -0.2) is 21.6 Å². The van der Waals surface area contributed by atoms with Gasteiger partial charge in [0, 0.05) is 6.54 Å². The van der Waals surface area contributed by atoms with Gasteiger partial charge in [-0.2, -0.15) is 9.30 Å². The zero-order chi connectivity index (χ0) is 14.8. The van der Waals surface area contributed by atoms with Gasteiger partial charge in [0.25, 0.3) is 0 Å². The van der Waals surface area contributed by atoms with E-state index >= 15 is 0 Å². The summed E-state index contributed by atoms with van der Waals surface area (Å²) in [6.07, 6.45) is 0.616. The van der Waals surface area contributed by atoms with Gasteiger partial charge in [-0.1, -0.05) is 0 Å². The molecule has 8 nitrogen and oxygen atoms in total. The standard InChI is InChI=1S/C10H16N2O6S2/c13-8-11-10-7-18-4-3-12(10)20(16,17)9-1-5-19(14,15)6-2-9/h9-10H,1-7H2. The Bertz CT molecular complexity index is 594. The normalized spacial score (nSPS) is 28.7. The van der Waals surface area contributed by atoms with Crippen LogP contribution in [0.1, 0.15) is 12.8 Å². The topological polar surface area (TPSA) is 110 Å². The average Bonchev–Trinajstić information content (AvgIpc) is 2.39. The Morgan fingerprint density at radius 2 is 1.90 bits per heavy atom. The van der Waals surface area contributed by atoms with Crippen LogP contribution in [0.3, 0.4) is 0 Å². The molecular weight excluding hydrogens is 308 g/mol. The predicted molar refractivity (Wildman–Crippen MR) is 70.0 cm³/mol. The minimum absolute atomic E-state index is 0.0134. The van der Waals surface area contributed by atoms with Crippen LogP contribution in [0.25, 0.3) is 0 Å². The molecule has 1 unspecified atom stereocenters. The summed E-state index contributed by atoms with van der Waals surface area (Å²) < 4.78 is 54.0. The molecule has 2 rings (SSSR count). The van der Waals surface area contributed by atoms with Gasteiger partial charge in [-0.15, -0.1) is 0 Å². The highest BCUT2D eigenvalue weighted by atomic mass is 32.2. The zero-order valence-corrected chi connectivity index (χ0v) is 12.4. The Morgan fingerprint density at radius 3 is 2.50 bits per heavy atom. The van der Waals surface area contributed by atoms with E-state index in [0.29, 0.717) is 0 Å². The number of carbonyl (C=O) groups excluding carboxylic acids is 1. The van der Waals surface area contributed by atoms with Crippen molar-refractivity contribution in [2.24, 2.45) is 4.99 Å². The number of sulfone groups is 1. The van der Waals surface area contributed by atoms with E-state index in [1.807, 2.05) is 0 Å². The summed E-state index contributed by atoms with van der Waals surface area (Å²) in [4.78, 5) is 13.8. The first-order chi connectivity index (χ1) is 9.37. The zero-order valence-electron chi connectivity index (χ0n) is 10.8. The van der Waals surface area contributed by atoms with Crippen molar-refractivity contribution in [3.8, 4) is 0 Å². The fraction of sp³-hybridized carbons (Fsp3) is 0.900. The summed E-state index contributed by atoms with van der Waals surface area (Å²) >= 11 is 0. The molecule has 0 bridgehead atoms. The van der Waals surface area contributed by atoms with Gasteiger partial charge < -0.3 is 4.74 Å². The van der Waals surface area contributed by atoms with Crippen LogP contribution in [0.15, 0.2) is 4.99 Å². The van der Waals surface area contributed by atoms with Crippen LogP contribution in [0, 0.1) is 0 Å². The monoisotopic (exact) mass is 324 g/mol. The van der Waals surface area contributed by atoms with E-state index in [1.165, 1.54) is 6.08 Å². The molecule has 2 aliphatic rings. The molecule has 0 amide bonds. The third kappa shape index (κ3) is 3.26. The van der Waals surface area contributed by atoms with Crippen molar-refractivity contribution in [3.63, 3.8) is 0 Å². The van der Waals surface area contributed by atoms with Gasteiger partial charge in [0.1, 0.15) is 9.84 Å². The fourth-order valence-electron chi connectivity index (χ4n) is 2.39. The molecule has 1 atom stereocenters. The molecule has 2 heterocycles. The van der Waals surface area contributed by atoms with Gasteiger partial charge in [-0.05, 0) is 12.8 Å². The molecule has 0 N–H and O–H groups in total. The lowest BCUT2D eigenvalue weighted by atomic mass is 10.2. The molecule has 0 aromatic carbocycles. The highest BCUT2D eigenvalue weighted by molar-refractivity contribution is 7.92. The largest absolute Gasteiger partial charge is 0.376 e. The number of isocyanates is 1. The first-order valence-electron chi connectivity index (χ1n) is 6.22. The Kier molecular flexibility index (Phi) is 4.60. The molecule has 20 heavy (non-hydrogen) atoms. The fourth-order valence-corrected chi connectivity index (χ4v) is 6.17. The lowest BCUT2D eigenvalue weighted by Crippen LogP contribution is -2.52. The van der Waals surface area contributed by atoms with Crippen molar-refractivity contribution in [3.05, 3.63) is 0 Å². The molecular formula is C10H16N2O6S2. The van der Waals surface area contributed by atoms with Crippen LogP contribution in [-0.4, -0.2) is 69.9 Å². The number of aliphatic imine (C=N–C) groups is 1. The maximum Gasteiger partial charge on any atom is 0.236 e. The minimum atomic E-state index is -3.69. The maximum atomic E-state index is 12.5. The second-order valence-corrected chi connectivity index (χ2v) is 9.25. The molecule has 10 heteroatoms. The predicted octanol–water partition coefficient (Wildman–Crippen LogP) is -1.11. The van der Waals surface area contributed by atoms with Crippen LogP contribution in [0.4, 0.5) is 0 Å². The molecule has 0 aliphatic carbocycles. The smallest absolute Gasteiger partial charge is 0.236 e. The van der Waals surface area contributed by atoms with Gasteiger partial charge >= 0.3 is 0 Å². The summed E-state index contributed by atoms with van der Waals surface area (Å²) in [6, 6.07) is 0. The molecule has 114 valence electrons. The molecule has 0 radical (unpaired) electrons. The van der Waals surface area contributed by atoms with Crippen LogP contribution in [0.5, 0.6) is 0 Å². The Hall–Kier alpha value is -0.800. The molecule has 2 fully saturated rings. The number of morpholine rings is 1. The highest BCUT2D eigenvalue weighted by Gasteiger charge is 2.40. The van der Waals surface area contributed by atoms with E-state index in [2.05, 4.69) is 4.99 Å². The molecule has 0 aromatic heterocycles. The number of sulfonamides is 1. The second-order valence-electron chi connectivity index (χ2n) is 4.78. The van der Waals surface area contributed by atoms with E-state index in [9.17, 15) is 21.6 Å². The quantitative estimate of drug-likeness (QED) is 0.481. The van der Waals surface area contributed by atoms with Gasteiger partial charge in [0.2, 0.25) is 16.1 Å². The Balaban J connectivity index is 2.18. The van der Waals surface area contributed by atoms with E-state index < -0.39 is 31.3 Å². The molecule has 2 aliphatic heterocycles. The van der Waals surface area contributed by atoms with Crippen molar-refractivity contribution < 1.29 is 26.4 Å². The van der Waals surface area contributed by atoms with Gasteiger partial charge in [-0.3, -0.25) is 0 Å². The number of hydrogen-bond donors (Lipinski definition) is 0. The summed E-state index contributed by atoms with van der Waals surface area (Å²) in [5.74, 6) is -0.244. The number of hydrogen-bond acceptors (Lipinski definition) is 7. The molecule has 2 saturated heterocycles. The summed E-state index contributed by atoms with van der Waals surface area (Å²) in [5, 5.41) is -0.742. The van der Waals surface area contributed by atoms with Crippen LogP contribution < -0.4 is 0 Å². The third-order valence-electron chi connectivity index (χ3n) is 3.51. The van der Waals surface area contributed by atoms with Gasteiger partial charge in [0.05, 0.1) is 30.0 Å². The van der Waals surface area contributed by atoms with Crippen molar-refractivity contribution in [1.82, 2.24) is 4.31 Å². The van der Waals surface area contributed by atoms with E-state index in [1.54, 1.807) is 0 Å². The lowest BCUT2D eigenvalue weighted by molar-refractivity contribution is 0.0354. The third-order valence-corrected chi connectivity index (χ3v) is 7.62. The Labute approximate surface area is 117 Å². The summed E-state index contributed by atoms with van der Waals surface area (Å²) in [5.41, 5.74) is 0. The molecule has 0 aromatic rings. The molecule has 0 saturated carbocycles. The van der Waals surface area contributed by atoms with E-state index in [-0.39, 0.29) is 44.1 Å². The second kappa shape index (κ2) is 5.90. The summed E-state index contributed by atoms with van der Waals surface area (Å²) in [7, 11) is -6.81. The first-order valence-corrected chi connectivity index (χ1v) is 9.55. The van der Waals surface area contributed by atoms with Crippen LogP contribution >= 0.6 is 0 Å². The molecule has 0 spiro atoms.